The van der Waals surface area contributed by atoms with Crippen molar-refractivity contribution in [1.82, 2.24) is 0 Å². The molecule has 0 saturated carbocycles. The molecule has 0 aliphatic heterocycles. The van der Waals surface area contributed by atoms with Gasteiger partial charge >= 0.3 is 0 Å². The molecule has 16 heavy (non-hydrogen) atoms. The van der Waals surface area contributed by atoms with Crippen LogP contribution in [0.2, 0.25) is 0 Å². The number of para-hydroxylation sites is 1. The molecule has 0 fully saturated rings. The number of ether oxygens (including phenoxy) is 1. The third-order valence-electron chi connectivity index (χ3n) is 3.07. The molecule has 0 saturated heterocycles. The summed E-state index contributed by atoms with van der Waals surface area (Å²) in [7, 11) is 1.71. The first-order valence-corrected chi connectivity index (χ1v) is 6.20. The monoisotopic (exact) mass is 240 g/mol. The van der Waals surface area contributed by atoms with E-state index in [0.717, 1.165) is 12.2 Å². The lowest BCUT2D eigenvalue weighted by molar-refractivity contribution is 0.261. The Morgan fingerprint density at radius 3 is 2.38 bits per heavy atom. The minimum absolute atomic E-state index is 0.225. The highest BCUT2D eigenvalue weighted by Crippen LogP contribution is 2.32. The third-order valence-corrected chi connectivity index (χ3v) is 3.44. The standard InChI is InChI=1S/C14H21ClO/c1-14(2,3)12(10-15)9-11-7-5-6-8-13(11)16-4/h5-8,12H,9-10H2,1-4H3. The van der Waals surface area contributed by atoms with Crippen molar-refractivity contribution in [3.63, 3.8) is 0 Å². The minimum atomic E-state index is 0.225. The molecular formula is C14H21ClO. The van der Waals surface area contributed by atoms with Crippen LogP contribution in [0, 0.1) is 11.3 Å². The SMILES string of the molecule is COc1ccccc1CC(CCl)C(C)(C)C. The zero-order valence-electron chi connectivity index (χ0n) is 10.6. The van der Waals surface area contributed by atoms with Gasteiger partial charge in [0.1, 0.15) is 5.75 Å². The van der Waals surface area contributed by atoms with E-state index in [4.69, 9.17) is 16.3 Å². The van der Waals surface area contributed by atoms with Gasteiger partial charge in [-0.25, -0.2) is 0 Å². The van der Waals surface area contributed by atoms with E-state index in [1.54, 1.807) is 7.11 Å². The van der Waals surface area contributed by atoms with Crippen LogP contribution in [-0.2, 0) is 6.42 Å². The molecule has 1 aromatic rings. The molecule has 90 valence electrons. The summed E-state index contributed by atoms with van der Waals surface area (Å²) in [4.78, 5) is 0. The molecule has 1 atom stereocenters. The molecule has 0 amide bonds. The van der Waals surface area contributed by atoms with Gasteiger partial charge in [0.15, 0.2) is 0 Å². The smallest absolute Gasteiger partial charge is 0.122 e. The van der Waals surface area contributed by atoms with Gasteiger partial charge in [-0.2, -0.15) is 0 Å². The summed E-state index contributed by atoms with van der Waals surface area (Å²) in [6.45, 7) is 6.69. The second kappa shape index (κ2) is 5.58. The van der Waals surface area contributed by atoms with E-state index in [1.165, 1.54) is 5.56 Å². The van der Waals surface area contributed by atoms with Gasteiger partial charge in [-0.3, -0.25) is 0 Å². The number of alkyl halides is 1. The van der Waals surface area contributed by atoms with Crippen molar-refractivity contribution in [1.29, 1.82) is 0 Å². The zero-order chi connectivity index (χ0) is 12.2. The number of benzene rings is 1. The van der Waals surface area contributed by atoms with E-state index in [2.05, 4.69) is 26.8 Å². The number of hydrogen-bond acceptors (Lipinski definition) is 1. The Labute approximate surface area is 104 Å². The minimum Gasteiger partial charge on any atom is -0.496 e. The fourth-order valence-electron chi connectivity index (χ4n) is 1.73. The lowest BCUT2D eigenvalue weighted by atomic mass is 9.78. The van der Waals surface area contributed by atoms with Gasteiger partial charge in [0.2, 0.25) is 0 Å². The molecule has 0 aromatic heterocycles. The Kier molecular flexibility index (Phi) is 4.67. The average molecular weight is 241 g/mol. The molecule has 1 rings (SSSR count). The van der Waals surface area contributed by atoms with Crippen LogP contribution >= 0.6 is 11.6 Å². The summed E-state index contributed by atoms with van der Waals surface area (Å²) in [6, 6.07) is 8.16. The van der Waals surface area contributed by atoms with Crippen molar-refractivity contribution in [3.8, 4) is 5.75 Å². The normalized spacial score (nSPS) is 13.6. The second-order valence-corrected chi connectivity index (χ2v) is 5.54. The van der Waals surface area contributed by atoms with E-state index in [1.807, 2.05) is 18.2 Å². The van der Waals surface area contributed by atoms with E-state index in [0.29, 0.717) is 11.8 Å². The van der Waals surface area contributed by atoms with Crippen LogP contribution in [0.1, 0.15) is 26.3 Å². The van der Waals surface area contributed by atoms with Gasteiger partial charge in [-0.05, 0) is 29.4 Å². The van der Waals surface area contributed by atoms with Crippen LogP contribution in [-0.4, -0.2) is 13.0 Å². The van der Waals surface area contributed by atoms with Gasteiger partial charge in [0.25, 0.3) is 0 Å². The summed E-state index contributed by atoms with van der Waals surface area (Å²) < 4.78 is 5.36. The lowest BCUT2D eigenvalue weighted by Gasteiger charge is -2.29. The maximum atomic E-state index is 6.06. The molecule has 1 aromatic carbocycles. The topological polar surface area (TPSA) is 9.23 Å². The number of halogens is 1. The molecule has 2 heteroatoms. The molecule has 0 heterocycles. The van der Waals surface area contributed by atoms with Crippen LogP contribution in [0.3, 0.4) is 0 Å². The van der Waals surface area contributed by atoms with E-state index < -0.39 is 0 Å². The van der Waals surface area contributed by atoms with E-state index >= 15 is 0 Å². The van der Waals surface area contributed by atoms with Crippen LogP contribution in [0.25, 0.3) is 0 Å². The fourth-order valence-corrected chi connectivity index (χ4v) is 2.30. The first-order valence-electron chi connectivity index (χ1n) is 5.67. The van der Waals surface area contributed by atoms with Crippen molar-refractivity contribution in [3.05, 3.63) is 29.8 Å². The van der Waals surface area contributed by atoms with Crippen molar-refractivity contribution in [2.75, 3.05) is 13.0 Å². The van der Waals surface area contributed by atoms with E-state index in [-0.39, 0.29) is 5.41 Å². The number of methoxy groups -OCH3 is 1. The van der Waals surface area contributed by atoms with Crippen LogP contribution in [0.4, 0.5) is 0 Å². The maximum absolute atomic E-state index is 6.06. The molecular weight excluding hydrogens is 220 g/mol. The Morgan fingerprint density at radius 1 is 1.25 bits per heavy atom. The highest BCUT2D eigenvalue weighted by Gasteiger charge is 2.24. The van der Waals surface area contributed by atoms with Gasteiger partial charge in [0, 0.05) is 5.88 Å². The van der Waals surface area contributed by atoms with E-state index in [9.17, 15) is 0 Å². The molecule has 0 aliphatic carbocycles. The van der Waals surface area contributed by atoms with Crippen LogP contribution < -0.4 is 4.74 Å². The molecule has 0 radical (unpaired) electrons. The lowest BCUT2D eigenvalue weighted by Crippen LogP contribution is -2.24. The molecule has 0 bridgehead atoms. The Morgan fingerprint density at radius 2 is 1.88 bits per heavy atom. The molecule has 1 nitrogen and oxygen atoms in total. The van der Waals surface area contributed by atoms with Crippen molar-refractivity contribution < 1.29 is 4.74 Å². The zero-order valence-corrected chi connectivity index (χ0v) is 11.3. The molecule has 1 unspecified atom stereocenters. The van der Waals surface area contributed by atoms with Gasteiger partial charge in [-0.15, -0.1) is 11.6 Å². The Hall–Kier alpha value is -0.690. The first kappa shape index (κ1) is 13.4. The quantitative estimate of drug-likeness (QED) is 0.719. The largest absolute Gasteiger partial charge is 0.496 e. The first-order chi connectivity index (χ1) is 7.49. The summed E-state index contributed by atoms with van der Waals surface area (Å²) in [5.41, 5.74) is 1.47. The highest BCUT2D eigenvalue weighted by atomic mass is 35.5. The molecule has 0 N–H and O–H groups in total. The van der Waals surface area contributed by atoms with Gasteiger partial charge in [-0.1, -0.05) is 39.0 Å². The highest BCUT2D eigenvalue weighted by molar-refractivity contribution is 6.18. The number of rotatable bonds is 4. The predicted molar refractivity (Wildman–Crippen MR) is 70.4 cm³/mol. The fraction of sp³-hybridized carbons (Fsp3) is 0.571. The number of hydrogen-bond donors (Lipinski definition) is 0. The van der Waals surface area contributed by atoms with Crippen molar-refractivity contribution in [2.45, 2.75) is 27.2 Å². The third kappa shape index (κ3) is 3.41. The summed E-state index contributed by atoms with van der Waals surface area (Å²) >= 11 is 6.06. The summed E-state index contributed by atoms with van der Waals surface area (Å²) in [5.74, 6) is 2.11. The second-order valence-electron chi connectivity index (χ2n) is 5.23. The molecule has 0 aliphatic rings. The van der Waals surface area contributed by atoms with Gasteiger partial charge < -0.3 is 4.74 Å². The Bertz CT molecular complexity index is 328. The summed E-state index contributed by atoms with van der Waals surface area (Å²) in [6.07, 6.45) is 0.969. The van der Waals surface area contributed by atoms with Gasteiger partial charge in [0.05, 0.1) is 7.11 Å². The summed E-state index contributed by atoms with van der Waals surface area (Å²) in [5, 5.41) is 0. The maximum Gasteiger partial charge on any atom is 0.122 e. The predicted octanol–water partition coefficient (Wildman–Crippen LogP) is 4.14. The van der Waals surface area contributed by atoms with Crippen LogP contribution in [0.15, 0.2) is 24.3 Å². The van der Waals surface area contributed by atoms with Crippen LogP contribution in [0.5, 0.6) is 5.75 Å². The Balaban J connectivity index is 2.86. The molecule has 0 spiro atoms. The average Bonchev–Trinajstić information content (AvgIpc) is 2.24. The van der Waals surface area contributed by atoms with Crippen molar-refractivity contribution in [2.24, 2.45) is 11.3 Å². The van der Waals surface area contributed by atoms with Crippen molar-refractivity contribution >= 4 is 11.6 Å².